The molecule has 0 unspecified atom stereocenters. The first kappa shape index (κ1) is 7.63. The monoisotopic (exact) mass is 202 g/mol. The molecule has 0 aliphatic rings. The van der Waals surface area contributed by atoms with Crippen molar-refractivity contribution in [1.29, 1.82) is 0 Å². The number of aromatic nitrogens is 2. The second-order valence-electron chi connectivity index (χ2n) is 1.91. The van der Waals surface area contributed by atoms with Crippen molar-refractivity contribution in [3.63, 3.8) is 0 Å². The first-order chi connectivity index (χ1) is 4.74. The van der Waals surface area contributed by atoms with Crippen LogP contribution in [0.3, 0.4) is 0 Å². The minimum atomic E-state index is -0.000880. The van der Waals surface area contributed by atoms with Crippen molar-refractivity contribution in [2.24, 2.45) is 0 Å². The highest BCUT2D eigenvalue weighted by Gasteiger charge is 1.98. The fourth-order valence-corrected chi connectivity index (χ4v) is 0.987. The third-order valence-electron chi connectivity index (χ3n) is 1.22. The fourth-order valence-electron chi connectivity index (χ4n) is 0.619. The molecule has 1 N–H and O–H groups in total. The van der Waals surface area contributed by atoms with Crippen LogP contribution in [0.4, 0.5) is 0 Å². The molecule has 0 bridgehead atoms. The molecular formula is C6H7BrN2O. The van der Waals surface area contributed by atoms with Gasteiger partial charge in [-0.1, -0.05) is 0 Å². The molecule has 1 aromatic rings. The average Bonchev–Trinajstić information content (AvgIpc) is 1.88. The van der Waals surface area contributed by atoms with E-state index in [4.69, 9.17) is 5.11 Å². The summed E-state index contributed by atoms with van der Waals surface area (Å²) in [7, 11) is 0. The number of hydrogen-bond donors (Lipinski definition) is 1. The van der Waals surface area contributed by atoms with Gasteiger partial charge in [0.05, 0.1) is 6.61 Å². The topological polar surface area (TPSA) is 46.0 Å². The first-order valence-electron chi connectivity index (χ1n) is 2.83. The lowest BCUT2D eigenvalue weighted by molar-refractivity contribution is 0.280. The first-order valence-corrected chi connectivity index (χ1v) is 3.62. The maximum Gasteiger partial charge on any atom is 0.196 e. The largest absolute Gasteiger partial charge is 0.392 e. The van der Waals surface area contributed by atoms with Crippen molar-refractivity contribution in [3.05, 3.63) is 22.2 Å². The van der Waals surface area contributed by atoms with Crippen LogP contribution in [0.5, 0.6) is 0 Å². The Balaban J connectivity index is 3.07. The van der Waals surface area contributed by atoms with E-state index < -0.39 is 0 Å². The van der Waals surface area contributed by atoms with E-state index in [0.717, 1.165) is 11.3 Å². The van der Waals surface area contributed by atoms with Gasteiger partial charge in [0.2, 0.25) is 0 Å². The van der Waals surface area contributed by atoms with Crippen LogP contribution in [0.1, 0.15) is 11.3 Å². The van der Waals surface area contributed by atoms with Gasteiger partial charge in [0.25, 0.3) is 0 Å². The van der Waals surface area contributed by atoms with Crippen molar-refractivity contribution in [2.45, 2.75) is 13.5 Å². The lowest BCUT2D eigenvalue weighted by Crippen LogP contribution is -1.94. The zero-order chi connectivity index (χ0) is 7.56. The molecule has 3 nitrogen and oxygen atoms in total. The Hall–Kier alpha value is -0.480. The number of aliphatic hydroxyl groups excluding tert-OH is 1. The van der Waals surface area contributed by atoms with Crippen LogP contribution in [0, 0.1) is 6.92 Å². The maximum absolute atomic E-state index is 8.71. The van der Waals surface area contributed by atoms with E-state index in [1.807, 2.05) is 6.92 Å². The van der Waals surface area contributed by atoms with Crippen molar-refractivity contribution in [1.82, 2.24) is 9.97 Å². The molecule has 0 spiro atoms. The molecule has 0 aromatic carbocycles. The Kier molecular flexibility index (Phi) is 2.34. The van der Waals surface area contributed by atoms with E-state index in [1.165, 1.54) is 0 Å². The van der Waals surface area contributed by atoms with Gasteiger partial charge in [0.15, 0.2) is 4.73 Å². The SMILES string of the molecule is Cc1nc(Br)ncc1CO. The molecule has 0 aliphatic heterocycles. The number of hydrogen-bond acceptors (Lipinski definition) is 3. The fraction of sp³-hybridized carbons (Fsp3) is 0.333. The predicted molar refractivity (Wildman–Crippen MR) is 40.4 cm³/mol. The van der Waals surface area contributed by atoms with E-state index >= 15 is 0 Å². The molecule has 1 rings (SSSR count). The van der Waals surface area contributed by atoms with Gasteiger partial charge >= 0.3 is 0 Å². The third kappa shape index (κ3) is 1.52. The van der Waals surface area contributed by atoms with E-state index in [0.29, 0.717) is 4.73 Å². The standard InChI is InChI=1S/C6H7BrN2O/c1-4-5(3-10)2-8-6(7)9-4/h2,10H,3H2,1H3. The molecule has 0 aliphatic carbocycles. The summed E-state index contributed by atoms with van der Waals surface area (Å²) < 4.78 is 0.558. The summed E-state index contributed by atoms with van der Waals surface area (Å²) in [5.74, 6) is 0. The average molecular weight is 203 g/mol. The van der Waals surface area contributed by atoms with Crippen molar-refractivity contribution < 1.29 is 5.11 Å². The summed E-state index contributed by atoms with van der Waals surface area (Å²) >= 11 is 3.12. The Morgan fingerprint density at radius 3 is 2.90 bits per heavy atom. The second kappa shape index (κ2) is 3.07. The highest BCUT2D eigenvalue weighted by atomic mass is 79.9. The summed E-state index contributed by atoms with van der Waals surface area (Å²) in [6.45, 7) is 1.83. The minimum Gasteiger partial charge on any atom is -0.392 e. The van der Waals surface area contributed by atoms with Gasteiger partial charge in [-0.25, -0.2) is 9.97 Å². The number of nitrogens with zero attached hydrogens (tertiary/aromatic N) is 2. The van der Waals surface area contributed by atoms with Crippen LogP contribution >= 0.6 is 15.9 Å². The summed E-state index contributed by atoms with van der Waals surface area (Å²) in [6.07, 6.45) is 1.60. The molecule has 0 saturated carbocycles. The Bertz CT molecular complexity index is 239. The molecule has 54 valence electrons. The second-order valence-corrected chi connectivity index (χ2v) is 2.62. The van der Waals surface area contributed by atoms with Crippen LogP contribution in [0.2, 0.25) is 0 Å². The van der Waals surface area contributed by atoms with Crippen molar-refractivity contribution >= 4 is 15.9 Å². The van der Waals surface area contributed by atoms with Crippen LogP contribution in [-0.2, 0) is 6.61 Å². The predicted octanol–water partition coefficient (Wildman–Crippen LogP) is 1.04. The van der Waals surface area contributed by atoms with Gasteiger partial charge in [0.1, 0.15) is 0 Å². The van der Waals surface area contributed by atoms with Gasteiger partial charge in [-0.3, -0.25) is 0 Å². The maximum atomic E-state index is 8.71. The van der Waals surface area contributed by atoms with Crippen LogP contribution in [-0.4, -0.2) is 15.1 Å². The Labute approximate surface area is 67.3 Å². The third-order valence-corrected chi connectivity index (χ3v) is 1.60. The highest BCUT2D eigenvalue weighted by molar-refractivity contribution is 9.10. The number of halogens is 1. The summed E-state index contributed by atoms with van der Waals surface area (Å²) in [5.41, 5.74) is 1.58. The number of aryl methyl sites for hydroxylation is 1. The van der Waals surface area contributed by atoms with Gasteiger partial charge in [0, 0.05) is 17.5 Å². The van der Waals surface area contributed by atoms with E-state index in [1.54, 1.807) is 6.20 Å². The lowest BCUT2D eigenvalue weighted by Gasteiger charge is -1.98. The van der Waals surface area contributed by atoms with E-state index in [-0.39, 0.29) is 6.61 Å². The highest BCUT2D eigenvalue weighted by Crippen LogP contribution is 2.06. The Morgan fingerprint density at radius 1 is 1.70 bits per heavy atom. The van der Waals surface area contributed by atoms with Crippen LogP contribution < -0.4 is 0 Å². The van der Waals surface area contributed by atoms with Crippen LogP contribution in [0.25, 0.3) is 0 Å². The molecule has 1 aromatic heterocycles. The molecule has 0 fully saturated rings. The van der Waals surface area contributed by atoms with Crippen molar-refractivity contribution in [2.75, 3.05) is 0 Å². The molecule has 0 radical (unpaired) electrons. The van der Waals surface area contributed by atoms with E-state index in [9.17, 15) is 0 Å². The molecular weight excluding hydrogens is 196 g/mol. The van der Waals surface area contributed by atoms with Gasteiger partial charge in [-0.15, -0.1) is 0 Å². The molecule has 10 heavy (non-hydrogen) atoms. The van der Waals surface area contributed by atoms with Gasteiger partial charge in [-0.2, -0.15) is 0 Å². The smallest absolute Gasteiger partial charge is 0.196 e. The molecule has 4 heteroatoms. The lowest BCUT2D eigenvalue weighted by atomic mass is 10.3. The van der Waals surface area contributed by atoms with Gasteiger partial charge in [-0.05, 0) is 22.9 Å². The quantitative estimate of drug-likeness (QED) is 0.693. The Morgan fingerprint density at radius 2 is 2.40 bits per heavy atom. The van der Waals surface area contributed by atoms with Crippen LogP contribution in [0.15, 0.2) is 10.9 Å². The minimum absolute atomic E-state index is 0.000880. The zero-order valence-electron chi connectivity index (χ0n) is 5.50. The number of rotatable bonds is 1. The number of aliphatic hydroxyl groups is 1. The molecule has 1 heterocycles. The summed E-state index contributed by atoms with van der Waals surface area (Å²) in [6, 6.07) is 0. The molecule has 0 saturated heterocycles. The van der Waals surface area contributed by atoms with E-state index in [2.05, 4.69) is 25.9 Å². The van der Waals surface area contributed by atoms with Gasteiger partial charge < -0.3 is 5.11 Å². The zero-order valence-corrected chi connectivity index (χ0v) is 7.09. The molecule has 0 amide bonds. The summed E-state index contributed by atoms with van der Waals surface area (Å²) in [5, 5.41) is 8.71. The molecule has 0 atom stereocenters. The normalized spacial score (nSPS) is 9.90. The van der Waals surface area contributed by atoms with Crippen molar-refractivity contribution in [3.8, 4) is 0 Å². The summed E-state index contributed by atoms with van der Waals surface area (Å²) in [4.78, 5) is 7.85.